The Balaban J connectivity index is 1.62. The van der Waals surface area contributed by atoms with Crippen molar-refractivity contribution in [1.82, 2.24) is 19.5 Å². The molecule has 10 heteroatoms. The first kappa shape index (κ1) is 23.2. The highest BCUT2D eigenvalue weighted by molar-refractivity contribution is 5.89. The van der Waals surface area contributed by atoms with E-state index in [0.29, 0.717) is 11.5 Å². The summed E-state index contributed by atoms with van der Waals surface area (Å²) >= 11 is 0. The summed E-state index contributed by atoms with van der Waals surface area (Å²) in [6.45, 7) is 6.07. The number of amides is 1. The number of halogens is 3. The average Bonchev–Trinajstić information content (AvgIpc) is 3.22. The molecule has 0 fully saturated rings. The summed E-state index contributed by atoms with van der Waals surface area (Å²) in [6, 6.07) is 6.04. The lowest BCUT2D eigenvalue weighted by atomic mass is 10.2. The number of nitrogens with zero attached hydrogens (tertiary/aromatic N) is 5. The zero-order chi connectivity index (χ0) is 23.1. The molecule has 3 aromatic rings. The third-order valence-corrected chi connectivity index (χ3v) is 4.67. The molecule has 0 unspecified atom stereocenters. The van der Waals surface area contributed by atoms with Crippen LogP contribution in [0.3, 0.4) is 0 Å². The number of alkyl halides is 3. The molecule has 0 aromatic carbocycles. The minimum Gasteiger partial charge on any atom is -0.370 e. The molecule has 0 aliphatic carbocycles. The maximum Gasteiger partial charge on any atom is 0.433 e. The molecule has 3 rings (SSSR count). The molecule has 7 nitrogen and oxygen atoms in total. The monoisotopic (exact) mass is 446 g/mol. The fourth-order valence-electron chi connectivity index (χ4n) is 3.25. The van der Waals surface area contributed by atoms with Gasteiger partial charge < -0.3 is 14.8 Å². The van der Waals surface area contributed by atoms with Gasteiger partial charge in [-0.25, -0.2) is 9.97 Å². The molecule has 0 saturated carbocycles. The predicted octanol–water partition coefficient (Wildman–Crippen LogP) is 4.62. The fourth-order valence-corrected chi connectivity index (χ4v) is 3.25. The second-order valence-electron chi connectivity index (χ2n) is 7.30. The Morgan fingerprint density at radius 1 is 1.09 bits per heavy atom. The lowest BCUT2D eigenvalue weighted by Crippen LogP contribution is -2.25. The minimum atomic E-state index is -4.54. The molecule has 0 atom stereocenters. The maximum atomic E-state index is 12.9. The van der Waals surface area contributed by atoms with Crippen molar-refractivity contribution in [3.05, 3.63) is 54.9 Å². The van der Waals surface area contributed by atoms with E-state index in [0.717, 1.165) is 43.9 Å². The number of hydrogen-bond acceptors (Lipinski definition) is 5. The minimum absolute atomic E-state index is 0.0502. The summed E-state index contributed by atoms with van der Waals surface area (Å²) in [5, 5.41) is 2.72. The molecule has 3 aromatic heterocycles. The number of anilines is 2. The molecule has 0 radical (unpaired) electrons. The summed E-state index contributed by atoms with van der Waals surface area (Å²) < 4.78 is 40.1. The lowest BCUT2D eigenvalue weighted by molar-refractivity contribution is -0.141. The van der Waals surface area contributed by atoms with Gasteiger partial charge in [0.25, 0.3) is 0 Å². The van der Waals surface area contributed by atoms with Gasteiger partial charge in [-0.1, -0.05) is 13.8 Å². The number of nitrogens with one attached hydrogen (secondary N) is 1. The van der Waals surface area contributed by atoms with Crippen LogP contribution in [0.4, 0.5) is 24.7 Å². The van der Waals surface area contributed by atoms with E-state index in [2.05, 4.69) is 39.0 Å². The zero-order valence-corrected chi connectivity index (χ0v) is 17.9. The van der Waals surface area contributed by atoms with Gasteiger partial charge in [0.1, 0.15) is 18.1 Å². The van der Waals surface area contributed by atoms with Gasteiger partial charge in [-0.2, -0.15) is 13.2 Å². The van der Waals surface area contributed by atoms with Gasteiger partial charge in [-0.15, -0.1) is 0 Å². The van der Waals surface area contributed by atoms with Crippen LogP contribution in [0.1, 0.15) is 32.4 Å². The van der Waals surface area contributed by atoms with Crippen molar-refractivity contribution < 1.29 is 18.0 Å². The molecule has 1 N–H and O–H groups in total. The number of imidazole rings is 1. The summed E-state index contributed by atoms with van der Waals surface area (Å²) in [5.74, 6) is 0.106. The number of carbonyl (C=O) groups excluding carboxylic acids is 1. The number of pyridine rings is 2. The first-order valence-corrected chi connectivity index (χ1v) is 10.4. The highest BCUT2D eigenvalue weighted by atomic mass is 19.4. The number of carbonyl (C=O) groups is 1. The Labute approximate surface area is 184 Å². The van der Waals surface area contributed by atoms with E-state index in [4.69, 9.17) is 0 Å². The summed E-state index contributed by atoms with van der Waals surface area (Å²) in [4.78, 5) is 26.4. The fraction of sp³-hybridized carbons (Fsp3) is 0.364. The topological polar surface area (TPSA) is 75.9 Å². The van der Waals surface area contributed by atoms with Gasteiger partial charge in [-0.05, 0) is 37.1 Å². The van der Waals surface area contributed by atoms with Gasteiger partial charge in [0, 0.05) is 31.0 Å². The summed E-state index contributed by atoms with van der Waals surface area (Å²) in [5.41, 5.74) is 0.599. The van der Waals surface area contributed by atoms with Crippen LogP contribution in [0.25, 0.3) is 11.3 Å². The molecule has 170 valence electrons. The van der Waals surface area contributed by atoms with Crippen LogP contribution in [-0.2, 0) is 17.5 Å². The van der Waals surface area contributed by atoms with E-state index in [1.54, 1.807) is 12.3 Å². The van der Waals surface area contributed by atoms with Gasteiger partial charge in [-0.3, -0.25) is 9.78 Å². The van der Waals surface area contributed by atoms with Gasteiger partial charge in [0.05, 0.1) is 23.9 Å². The number of hydrogen-bond donors (Lipinski definition) is 1. The van der Waals surface area contributed by atoms with E-state index < -0.39 is 11.9 Å². The third kappa shape index (κ3) is 6.05. The largest absolute Gasteiger partial charge is 0.433 e. The Morgan fingerprint density at radius 3 is 2.47 bits per heavy atom. The van der Waals surface area contributed by atoms with Gasteiger partial charge in [0.2, 0.25) is 5.91 Å². The van der Waals surface area contributed by atoms with Gasteiger partial charge in [0.15, 0.2) is 0 Å². The molecule has 32 heavy (non-hydrogen) atoms. The third-order valence-electron chi connectivity index (χ3n) is 4.67. The van der Waals surface area contributed by atoms with Crippen LogP contribution in [0.5, 0.6) is 0 Å². The zero-order valence-electron chi connectivity index (χ0n) is 17.9. The Kier molecular flexibility index (Phi) is 7.45. The van der Waals surface area contributed by atoms with E-state index in [1.807, 2.05) is 6.07 Å². The second kappa shape index (κ2) is 10.3. The normalized spacial score (nSPS) is 11.4. The molecule has 1 amide bonds. The van der Waals surface area contributed by atoms with Crippen LogP contribution in [0.15, 0.2) is 49.2 Å². The maximum absolute atomic E-state index is 12.9. The smallest absolute Gasteiger partial charge is 0.370 e. The van der Waals surface area contributed by atoms with E-state index in [1.165, 1.54) is 23.2 Å². The SMILES string of the molecule is CCCN(CCC)c1ccc(NC(=O)Cn2cnc(-c3ccnc(C(F)(F)F)c3)c2)nc1. The van der Waals surface area contributed by atoms with Crippen molar-refractivity contribution in [2.45, 2.75) is 39.4 Å². The van der Waals surface area contributed by atoms with Crippen molar-refractivity contribution in [2.75, 3.05) is 23.3 Å². The van der Waals surface area contributed by atoms with Crippen molar-refractivity contribution >= 4 is 17.4 Å². The van der Waals surface area contributed by atoms with Crippen molar-refractivity contribution in [1.29, 1.82) is 0 Å². The molecular formula is C22H25F3N6O. The summed E-state index contributed by atoms with van der Waals surface area (Å²) in [7, 11) is 0. The number of rotatable bonds is 9. The molecule has 0 spiro atoms. The van der Waals surface area contributed by atoms with E-state index >= 15 is 0 Å². The Morgan fingerprint density at radius 2 is 1.84 bits per heavy atom. The highest BCUT2D eigenvalue weighted by Crippen LogP contribution is 2.30. The van der Waals surface area contributed by atoms with Crippen LogP contribution in [-0.4, -0.2) is 38.5 Å². The Hall–Kier alpha value is -3.43. The first-order valence-electron chi connectivity index (χ1n) is 10.4. The molecular weight excluding hydrogens is 421 g/mol. The standard InChI is InChI=1S/C22H25F3N6O/c1-3-9-31(10-4-2)17-5-6-20(27-12-17)29-21(32)14-30-13-18(28-15-30)16-7-8-26-19(11-16)22(23,24)25/h5-8,11-13,15H,3-4,9-10,14H2,1-2H3,(H,27,29,32). The van der Waals surface area contributed by atoms with E-state index in [-0.39, 0.29) is 18.0 Å². The quantitative estimate of drug-likeness (QED) is 0.519. The van der Waals surface area contributed by atoms with Crippen LogP contribution in [0, 0.1) is 0 Å². The number of aromatic nitrogens is 4. The van der Waals surface area contributed by atoms with Crippen LogP contribution in [0.2, 0.25) is 0 Å². The molecule has 0 aliphatic rings. The van der Waals surface area contributed by atoms with Crippen molar-refractivity contribution in [3.63, 3.8) is 0 Å². The first-order chi connectivity index (χ1) is 15.3. The molecule has 0 bridgehead atoms. The van der Waals surface area contributed by atoms with Gasteiger partial charge >= 0.3 is 6.18 Å². The second-order valence-corrected chi connectivity index (χ2v) is 7.30. The predicted molar refractivity (Wildman–Crippen MR) is 116 cm³/mol. The molecule has 0 saturated heterocycles. The lowest BCUT2D eigenvalue weighted by Gasteiger charge is -2.23. The molecule has 0 aliphatic heterocycles. The van der Waals surface area contributed by atoms with Crippen molar-refractivity contribution in [3.8, 4) is 11.3 Å². The Bertz CT molecular complexity index is 1030. The summed E-state index contributed by atoms with van der Waals surface area (Å²) in [6.07, 6.45) is 3.25. The average molecular weight is 446 g/mol. The van der Waals surface area contributed by atoms with Crippen LogP contribution >= 0.6 is 0 Å². The van der Waals surface area contributed by atoms with E-state index in [9.17, 15) is 18.0 Å². The van der Waals surface area contributed by atoms with Crippen LogP contribution < -0.4 is 10.2 Å². The van der Waals surface area contributed by atoms with Crippen molar-refractivity contribution in [2.24, 2.45) is 0 Å². The molecule has 3 heterocycles. The highest BCUT2D eigenvalue weighted by Gasteiger charge is 2.32.